The molecule has 0 N–H and O–H groups in total. The first-order valence-corrected chi connectivity index (χ1v) is 4.51. The summed E-state index contributed by atoms with van der Waals surface area (Å²) in [6.45, 7) is 3.09. The van der Waals surface area contributed by atoms with Gasteiger partial charge in [0.2, 0.25) is 0 Å². The van der Waals surface area contributed by atoms with Crippen LogP contribution in [0, 0.1) is 0 Å². The minimum Gasteiger partial charge on any atom is -0.378 e. The summed E-state index contributed by atoms with van der Waals surface area (Å²) in [6, 6.07) is 0. The van der Waals surface area contributed by atoms with E-state index in [0.717, 1.165) is 26.3 Å². The Morgan fingerprint density at radius 1 is 1.50 bits per heavy atom. The van der Waals surface area contributed by atoms with Crippen LogP contribution >= 0.6 is 0 Å². The van der Waals surface area contributed by atoms with Gasteiger partial charge in [-0.1, -0.05) is 0 Å². The Hall–Kier alpha value is -1.49. The molecule has 0 atom stereocenters. The van der Waals surface area contributed by atoms with Crippen LogP contribution in [0.25, 0.3) is 0 Å². The molecule has 0 aromatic rings. The molecular weight excluding hydrogens is 182 g/mol. The maximum absolute atomic E-state index is 11.0. The number of ether oxygens (including phenoxy) is 1. The molecule has 5 heteroatoms. The molecule has 0 radical (unpaired) electrons. The molecule has 0 aromatic heterocycles. The Morgan fingerprint density at radius 2 is 2.29 bits per heavy atom. The molecule has 0 aromatic carbocycles. The molecule has 0 aliphatic carbocycles. The fraction of sp³-hybridized carbons (Fsp3) is 0.444. The zero-order valence-electron chi connectivity index (χ0n) is 7.72. The molecule has 1 amide bonds. The number of hydrogen-bond donors (Lipinski definition) is 0. The lowest BCUT2D eigenvalue weighted by Gasteiger charge is -2.23. The average Bonchev–Trinajstić information content (AvgIpc) is 2.63. The van der Waals surface area contributed by atoms with E-state index in [1.165, 1.54) is 6.21 Å². The molecule has 2 aliphatic rings. The SMILES string of the molecule is O=C1N=CC=C1N=CN1CCOCC1. The van der Waals surface area contributed by atoms with E-state index in [1.807, 2.05) is 4.90 Å². The Balaban J connectivity index is 1.90. The van der Waals surface area contributed by atoms with Crippen LogP contribution in [0.3, 0.4) is 0 Å². The highest BCUT2D eigenvalue weighted by Crippen LogP contribution is 2.04. The van der Waals surface area contributed by atoms with Gasteiger partial charge in [-0.3, -0.25) is 4.79 Å². The standard InChI is InChI=1S/C9H11N3O2/c13-9-8(1-2-10-9)11-7-12-3-5-14-6-4-12/h1-2,7H,3-6H2. The molecule has 0 unspecified atom stereocenters. The third-order valence-electron chi connectivity index (χ3n) is 2.05. The minimum absolute atomic E-state index is 0.269. The highest BCUT2D eigenvalue weighted by Gasteiger charge is 2.11. The number of allylic oxidation sites excluding steroid dienone is 1. The molecule has 2 rings (SSSR count). The van der Waals surface area contributed by atoms with Gasteiger partial charge in [0.25, 0.3) is 5.91 Å². The molecular formula is C9H11N3O2. The van der Waals surface area contributed by atoms with E-state index in [0.29, 0.717) is 5.70 Å². The van der Waals surface area contributed by atoms with E-state index in [9.17, 15) is 4.79 Å². The van der Waals surface area contributed by atoms with Crippen molar-refractivity contribution in [3.05, 3.63) is 11.8 Å². The zero-order valence-corrected chi connectivity index (χ0v) is 7.72. The van der Waals surface area contributed by atoms with Crippen molar-refractivity contribution in [2.45, 2.75) is 0 Å². The number of amides is 1. The van der Waals surface area contributed by atoms with Crippen LogP contribution in [0.2, 0.25) is 0 Å². The quantitative estimate of drug-likeness (QED) is 0.452. The van der Waals surface area contributed by atoms with Crippen LogP contribution in [-0.2, 0) is 9.53 Å². The smallest absolute Gasteiger partial charge is 0.295 e. The van der Waals surface area contributed by atoms with Crippen LogP contribution in [-0.4, -0.2) is 49.7 Å². The second-order valence-corrected chi connectivity index (χ2v) is 3.03. The van der Waals surface area contributed by atoms with Gasteiger partial charge >= 0.3 is 0 Å². The van der Waals surface area contributed by atoms with Gasteiger partial charge in [0.1, 0.15) is 5.70 Å². The molecule has 0 spiro atoms. The molecule has 0 saturated carbocycles. The van der Waals surface area contributed by atoms with Crippen LogP contribution in [0.15, 0.2) is 21.8 Å². The fourth-order valence-corrected chi connectivity index (χ4v) is 1.25. The minimum atomic E-state index is -0.269. The normalized spacial score (nSPS) is 22.1. The Kier molecular flexibility index (Phi) is 2.69. The van der Waals surface area contributed by atoms with Gasteiger partial charge in [-0.05, 0) is 6.08 Å². The van der Waals surface area contributed by atoms with Crippen molar-refractivity contribution < 1.29 is 9.53 Å². The second kappa shape index (κ2) is 4.15. The maximum Gasteiger partial charge on any atom is 0.295 e. The zero-order chi connectivity index (χ0) is 9.80. The number of aliphatic imine (C=N–C) groups is 2. The summed E-state index contributed by atoms with van der Waals surface area (Å²) >= 11 is 0. The summed E-state index contributed by atoms with van der Waals surface area (Å²) in [7, 11) is 0. The van der Waals surface area contributed by atoms with E-state index in [1.54, 1.807) is 12.4 Å². The van der Waals surface area contributed by atoms with Gasteiger partial charge in [0, 0.05) is 19.3 Å². The van der Waals surface area contributed by atoms with Gasteiger partial charge < -0.3 is 9.64 Å². The van der Waals surface area contributed by atoms with Crippen molar-refractivity contribution in [3.8, 4) is 0 Å². The van der Waals surface area contributed by atoms with Gasteiger partial charge in [0.05, 0.1) is 19.6 Å². The summed E-state index contributed by atoms with van der Waals surface area (Å²) in [4.78, 5) is 20.7. The highest BCUT2D eigenvalue weighted by molar-refractivity contribution is 6.08. The molecule has 2 aliphatic heterocycles. The van der Waals surface area contributed by atoms with Crippen molar-refractivity contribution in [1.82, 2.24) is 4.90 Å². The van der Waals surface area contributed by atoms with Crippen molar-refractivity contribution in [3.63, 3.8) is 0 Å². The lowest BCUT2D eigenvalue weighted by atomic mass is 10.4. The van der Waals surface area contributed by atoms with Crippen molar-refractivity contribution in [2.75, 3.05) is 26.3 Å². The Morgan fingerprint density at radius 3 is 2.93 bits per heavy atom. The predicted molar refractivity (Wildman–Crippen MR) is 52.5 cm³/mol. The van der Waals surface area contributed by atoms with E-state index in [2.05, 4.69) is 9.98 Å². The predicted octanol–water partition coefficient (Wildman–Crippen LogP) is -0.158. The van der Waals surface area contributed by atoms with Crippen molar-refractivity contribution >= 4 is 18.5 Å². The topological polar surface area (TPSA) is 54.3 Å². The summed E-state index contributed by atoms with van der Waals surface area (Å²) in [5, 5.41) is 0. The third kappa shape index (κ3) is 2.05. The molecule has 5 nitrogen and oxygen atoms in total. The van der Waals surface area contributed by atoms with E-state index < -0.39 is 0 Å². The highest BCUT2D eigenvalue weighted by atomic mass is 16.5. The summed E-state index contributed by atoms with van der Waals surface area (Å²) in [5.74, 6) is -0.269. The number of hydrogen-bond acceptors (Lipinski definition) is 3. The lowest BCUT2D eigenvalue weighted by molar-refractivity contribution is -0.114. The molecule has 74 valence electrons. The Bertz CT molecular complexity index is 314. The van der Waals surface area contributed by atoms with E-state index >= 15 is 0 Å². The molecule has 14 heavy (non-hydrogen) atoms. The summed E-state index contributed by atoms with van der Waals surface area (Å²) in [6.07, 6.45) is 4.76. The van der Waals surface area contributed by atoms with E-state index in [4.69, 9.17) is 4.74 Å². The van der Waals surface area contributed by atoms with Gasteiger partial charge in [-0.2, -0.15) is 0 Å². The third-order valence-corrected chi connectivity index (χ3v) is 2.05. The number of rotatable bonds is 2. The van der Waals surface area contributed by atoms with Crippen LogP contribution in [0.1, 0.15) is 0 Å². The number of nitrogens with zero attached hydrogens (tertiary/aromatic N) is 3. The molecule has 1 saturated heterocycles. The molecule has 0 bridgehead atoms. The fourth-order valence-electron chi connectivity index (χ4n) is 1.25. The average molecular weight is 193 g/mol. The van der Waals surface area contributed by atoms with E-state index in [-0.39, 0.29) is 5.91 Å². The van der Waals surface area contributed by atoms with Gasteiger partial charge in [0.15, 0.2) is 0 Å². The van der Waals surface area contributed by atoms with Crippen LogP contribution in [0.4, 0.5) is 0 Å². The maximum atomic E-state index is 11.0. The lowest BCUT2D eigenvalue weighted by Crippen LogP contribution is -2.35. The first kappa shape index (κ1) is 9.08. The second-order valence-electron chi connectivity index (χ2n) is 3.03. The number of carbonyl (C=O) groups is 1. The first-order chi connectivity index (χ1) is 6.86. The number of carbonyl (C=O) groups excluding carboxylic acids is 1. The van der Waals surface area contributed by atoms with Crippen molar-refractivity contribution in [2.24, 2.45) is 9.98 Å². The van der Waals surface area contributed by atoms with Crippen molar-refractivity contribution in [1.29, 1.82) is 0 Å². The van der Waals surface area contributed by atoms with Gasteiger partial charge in [-0.15, -0.1) is 0 Å². The largest absolute Gasteiger partial charge is 0.378 e. The summed E-state index contributed by atoms with van der Waals surface area (Å²) < 4.78 is 5.18. The Labute approximate surface area is 81.8 Å². The monoisotopic (exact) mass is 193 g/mol. The molecule has 2 heterocycles. The van der Waals surface area contributed by atoms with Crippen LogP contribution in [0.5, 0.6) is 0 Å². The number of morpholine rings is 1. The molecule has 1 fully saturated rings. The van der Waals surface area contributed by atoms with Crippen LogP contribution < -0.4 is 0 Å². The first-order valence-electron chi connectivity index (χ1n) is 4.51. The summed E-state index contributed by atoms with van der Waals surface area (Å²) in [5.41, 5.74) is 0.400. The van der Waals surface area contributed by atoms with Gasteiger partial charge in [-0.25, -0.2) is 9.98 Å².